The Morgan fingerprint density at radius 3 is 2.53 bits per heavy atom. The van der Waals surface area contributed by atoms with E-state index >= 15 is 0 Å². The van der Waals surface area contributed by atoms with E-state index in [1.807, 2.05) is 30.3 Å². The molecular weight excluding hydrogens is 244 g/mol. The van der Waals surface area contributed by atoms with Crippen molar-refractivity contribution in [3.05, 3.63) is 47.5 Å². The third kappa shape index (κ3) is 1.67. The zero-order valence-corrected chi connectivity index (χ0v) is 10.1. The molecule has 5 nitrogen and oxygen atoms in total. The molecule has 1 N–H and O–H groups in total. The molecule has 0 bridgehead atoms. The number of nitrogens with zero attached hydrogens (tertiary/aromatic N) is 1. The molecule has 1 aliphatic carbocycles. The second-order valence-corrected chi connectivity index (χ2v) is 4.10. The fraction of sp³-hybridized carbons (Fsp3) is 0.0714. The topological polar surface area (TPSA) is 67.8 Å². The highest BCUT2D eigenvalue weighted by atomic mass is 16.5. The lowest BCUT2D eigenvalue weighted by molar-refractivity contribution is 0.106. The van der Waals surface area contributed by atoms with Crippen LogP contribution in [0.25, 0.3) is 10.8 Å². The lowest BCUT2D eigenvalue weighted by Gasteiger charge is -2.00. The summed E-state index contributed by atoms with van der Waals surface area (Å²) >= 11 is 0. The van der Waals surface area contributed by atoms with Crippen LogP contribution >= 0.6 is 0 Å². The number of hydrogen-bond acceptors (Lipinski definition) is 4. The predicted molar refractivity (Wildman–Crippen MR) is 70.4 cm³/mol. The fourth-order valence-electron chi connectivity index (χ4n) is 2.24. The first-order valence-corrected chi connectivity index (χ1v) is 5.71. The zero-order chi connectivity index (χ0) is 13.4. The minimum absolute atomic E-state index is 0.191. The molecule has 0 fully saturated rings. The van der Waals surface area contributed by atoms with Gasteiger partial charge in [-0.25, -0.2) is 10.2 Å². The molecule has 5 heteroatoms. The van der Waals surface area contributed by atoms with Gasteiger partial charge in [-0.3, -0.25) is 4.79 Å². The van der Waals surface area contributed by atoms with Gasteiger partial charge in [0.2, 0.25) is 5.78 Å². The van der Waals surface area contributed by atoms with Crippen LogP contribution in [0.5, 0.6) is 0 Å². The fourth-order valence-corrected chi connectivity index (χ4v) is 2.24. The molecule has 2 aromatic carbocycles. The third-order valence-corrected chi connectivity index (χ3v) is 3.06. The van der Waals surface area contributed by atoms with Crippen molar-refractivity contribution >= 4 is 28.4 Å². The van der Waals surface area contributed by atoms with Gasteiger partial charge in [0.15, 0.2) is 0 Å². The molecule has 1 amide bonds. The lowest BCUT2D eigenvalue weighted by atomic mass is 10.1. The van der Waals surface area contributed by atoms with E-state index in [9.17, 15) is 9.59 Å². The monoisotopic (exact) mass is 254 g/mol. The Hall–Kier alpha value is -2.69. The summed E-state index contributed by atoms with van der Waals surface area (Å²) < 4.78 is 4.43. The molecule has 0 saturated carbocycles. The third-order valence-electron chi connectivity index (χ3n) is 3.06. The number of carbonyl (C=O) groups excluding carboxylic acids is 2. The Labute approximate surface area is 108 Å². The largest absolute Gasteiger partial charge is 0.452 e. The van der Waals surface area contributed by atoms with E-state index in [4.69, 9.17) is 0 Å². The molecule has 0 heterocycles. The molecule has 3 rings (SSSR count). The number of ether oxygens (including phenoxy) is 1. The van der Waals surface area contributed by atoms with Crippen LogP contribution < -0.4 is 5.43 Å². The maximum Gasteiger partial charge on any atom is 0.427 e. The highest BCUT2D eigenvalue weighted by molar-refractivity contribution is 6.59. The quantitative estimate of drug-likeness (QED) is 0.792. The van der Waals surface area contributed by atoms with Gasteiger partial charge in [0, 0.05) is 16.5 Å². The first-order chi connectivity index (χ1) is 9.22. The standard InChI is InChI=1S/C14H10N2O3/c1-19-14(18)16-15-12-9-6-2-4-8-5-3-7-10(11(8)9)13(12)17/h2-7H,1H3,(H,16,18)/b15-12+. The highest BCUT2D eigenvalue weighted by Gasteiger charge is 2.28. The van der Waals surface area contributed by atoms with Gasteiger partial charge in [0.1, 0.15) is 5.71 Å². The molecular formula is C14H10N2O3. The Morgan fingerprint density at radius 1 is 1.16 bits per heavy atom. The van der Waals surface area contributed by atoms with Crippen molar-refractivity contribution in [2.24, 2.45) is 5.10 Å². The summed E-state index contributed by atoms with van der Waals surface area (Å²) in [6.07, 6.45) is -0.705. The normalized spacial score (nSPS) is 15.0. The minimum atomic E-state index is -0.705. The summed E-state index contributed by atoms with van der Waals surface area (Å²) in [4.78, 5) is 23.3. The van der Waals surface area contributed by atoms with E-state index in [-0.39, 0.29) is 11.5 Å². The Kier molecular flexibility index (Phi) is 2.52. The summed E-state index contributed by atoms with van der Waals surface area (Å²) in [6.45, 7) is 0. The number of Topliss-reactive ketones (excluding diaryl/α,β-unsaturated/α-hetero) is 1. The molecule has 1 aliphatic rings. The summed E-state index contributed by atoms with van der Waals surface area (Å²) in [5.74, 6) is -0.191. The van der Waals surface area contributed by atoms with Gasteiger partial charge in [-0.15, -0.1) is 0 Å². The van der Waals surface area contributed by atoms with Crippen LogP contribution in [-0.2, 0) is 4.74 Å². The van der Waals surface area contributed by atoms with Gasteiger partial charge in [0.25, 0.3) is 0 Å². The van der Waals surface area contributed by atoms with Crippen LogP contribution in [0.1, 0.15) is 15.9 Å². The molecule has 19 heavy (non-hydrogen) atoms. The van der Waals surface area contributed by atoms with Crippen LogP contribution in [0.15, 0.2) is 41.5 Å². The molecule has 2 aromatic rings. The van der Waals surface area contributed by atoms with Crippen molar-refractivity contribution in [1.29, 1.82) is 0 Å². The van der Waals surface area contributed by atoms with Gasteiger partial charge in [-0.2, -0.15) is 5.10 Å². The van der Waals surface area contributed by atoms with Crippen LogP contribution in [0, 0.1) is 0 Å². The van der Waals surface area contributed by atoms with E-state index in [1.54, 1.807) is 6.07 Å². The van der Waals surface area contributed by atoms with Crippen LogP contribution in [0.3, 0.4) is 0 Å². The Balaban J connectivity index is 2.15. The molecule has 0 unspecified atom stereocenters. The van der Waals surface area contributed by atoms with Gasteiger partial charge in [-0.05, 0) is 5.39 Å². The molecule has 0 aromatic heterocycles. The second-order valence-electron chi connectivity index (χ2n) is 4.10. The van der Waals surface area contributed by atoms with Gasteiger partial charge >= 0.3 is 6.09 Å². The summed E-state index contributed by atoms with van der Waals surface area (Å²) in [5, 5.41) is 5.71. The van der Waals surface area contributed by atoms with Crippen LogP contribution in [0.4, 0.5) is 4.79 Å². The number of methoxy groups -OCH3 is 1. The van der Waals surface area contributed by atoms with Gasteiger partial charge in [0.05, 0.1) is 7.11 Å². The Bertz CT molecular complexity index is 729. The molecule has 0 atom stereocenters. The van der Waals surface area contributed by atoms with Crippen molar-refractivity contribution in [2.75, 3.05) is 7.11 Å². The van der Waals surface area contributed by atoms with E-state index < -0.39 is 6.09 Å². The number of hydrogen-bond donors (Lipinski definition) is 1. The number of ketones is 1. The predicted octanol–water partition coefficient (Wildman–Crippen LogP) is 2.10. The number of amides is 1. The molecule has 94 valence electrons. The number of rotatable bonds is 1. The maximum absolute atomic E-state index is 12.3. The number of carbonyl (C=O) groups is 2. The Morgan fingerprint density at radius 2 is 1.84 bits per heavy atom. The smallest absolute Gasteiger partial charge is 0.427 e. The first-order valence-electron chi connectivity index (χ1n) is 5.71. The van der Waals surface area contributed by atoms with E-state index in [0.29, 0.717) is 5.56 Å². The van der Waals surface area contributed by atoms with Crippen LogP contribution in [0.2, 0.25) is 0 Å². The SMILES string of the molecule is COC(=O)N/N=C1/C(=O)c2cccc3cccc1c23. The number of hydrazone groups is 1. The number of nitrogens with one attached hydrogen (secondary N) is 1. The van der Waals surface area contributed by atoms with E-state index in [0.717, 1.165) is 16.3 Å². The average molecular weight is 254 g/mol. The van der Waals surface area contributed by atoms with Gasteiger partial charge < -0.3 is 4.74 Å². The van der Waals surface area contributed by atoms with Crippen molar-refractivity contribution in [2.45, 2.75) is 0 Å². The van der Waals surface area contributed by atoms with Crippen molar-refractivity contribution in [3.8, 4) is 0 Å². The average Bonchev–Trinajstić information content (AvgIpc) is 2.72. The zero-order valence-electron chi connectivity index (χ0n) is 10.1. The summed E-state index contributed by atoms with van der Waals surface area (Å²) in [7, 11) is 1.24. The molecule has 0 radical (unpaired) electrons. The minimum Gasteiger partial charge on any atom is -0.452 e. The van der Waals surface area contributed by atoms with Crippen molar-refractivity contribution in [1.82, 2.24) is 5.43 Å². The van der Waals surface area contributed by atoms with Crippen molar-refractivity contribution in [3.63, 3.8) is 0 Å². The van der Waals surface area contributed by atoms with Gasteiger partial charge in [-0.1, -0.05) is 36.4 Å². The summed E-state index contributed by atoms with van der Waals surface area (Å²) in [5.41, 5.74) is 3.76. The maximum atomic E-state index is 12.3. The molecule has 0 spiro atoms. The van der Waals surface area contributed by atoms with Crippen molar-refractivity contribution < 1.29 is 14.3 Å². The summed E-state index contributed by atoms with van der Waals surface area (Å²) in [6, 6.07) is 11.1. The lowest BCUT2D eigenvalue weighted by Crippen LogP contribution is -2.21. The van der Waals surface area contributed by atoms with Crippen LogP contribution in [-0.4, -0.2) is 24.7 Å². The highest BCUT2D eigenvalue weighted by Crippen LogP contribution is 2.30. The second kappa shape index (κ2) is 4.20. The first kappa shape index (κ1) is 11.4. The molecule has 0 aliphatic heterocycles. The molecule has 0 saturated heterocycles. The van der Waals surface area contributed by atoms with E-state index in [1.165, 1.54) is 7.11 Å². The van der Waals surface area contributed by atoms with E-state index in [2.05, 4.69) is 15.3 Å². The number of benzene rings is 2.